The molecule has 9 heteroatoms. The van der Waals surface area contributed by atoms with Crippen molar-refractivity contribution in [2.75, 3.05) is 18.4 Å². The highest BCUT2D eigenvalue weighted by Gasteiger charge is 2.29. The Kier molecular flexibility index (Phi) is 4.00. The van der Waals surface area contributed by atoms with Gasteiger partial charge in [-0.05, 0) is 18.4 Å². The Morgan fingerprint density at radius 2 is 2.30 bits per heavy atom. The van der Waals surface area contributed by atoms with E-state index in [2.05, 4.69) is 25.6 Å². The molecule has 1 aliphatic heterocycles. The van der Waals surface area contributed by atoms with Crippen LogP contribution in [-0.4, -0.2) is 56.2 Å². The summed E-state index contributed by atoms with van der Waals surface area (Å²) in [5.41, 5.74) is 1.33. The molecule has 2 aromatic heterocycles. The topological polar surface area (TPSA) is 123 Å². The molecule has 23 heavy (non-hydrogen) atoms. The van der Waals surface area contributed by atoms with Gasteiger partial charge in [-0.15, -0.1) is 0 Å². The van der Waals surface area contributed by atoms with Gasteiger partial charge in [0.25, 0.3) is 0 Å². The number of aromatic amines is 1. The molecular weight excluding hydrogens is 300 g/mol. The van der Waals surface area contributed by atoms with Crippen molar-refractivity contribution in [2.24, 2.45) is 5.92 Å². The van der Waals surface area contributed by atoms with Crippen LogP contribution < -0.4 is 10.6 Å². The van der Waals surface area contributed by atoms with E-state index < -0.39 is 6.09 Å². The van der Waals surface area contributed by atoms with Crippen LogP contribution in [0.3, 0.4) is 0 Å². The molecule has 3 rings (SSSR count). The number of nitrogens with one attached hydrogen (secondary N) is 3. The fourth-order valence-corrected chi connectivity index (χ4v) is 2.75. The van der Waals surface area contributed by atoms with E-state index in [-0.39, 0.29) is 18.0 Å². The van der Waals surface area contributed by atoms with Gasteiger partial charge in [0.05, 0.1) is 6.20 Å². The number of likely N-dealkylation sites (tertiary alicyclic amines) is 1. The molecule has 0 aromatic carbocycles. The maximum absolute atomic E-state index is 12.1. The fourth-order valence-electron chi connectivity index (χ4n) is 2.75. The third kappa shape index (κ3) is 3.33. The van der Waals surface area contributed by atoms with Crippen LogP contribution in [-0.2, 0) is 0 Å². The van der Waals surface area contributed by atoms with Crippen LogP contribution in [0.1, 0.15) is 13.3 Å². The van der Waals surface area contributed by atoms with Gasteiger partial charge >= 0.3 is 12.1 Å². The highest BCUT2D eigenvalue weighted by molar-refractivity contribution is 5.89. The summed E-state index contributed by atoms with van der Waals surface area (Å²) in [6.45, 7) is 2.75. The summed E-state index contributed by atoms with van der Waals surface area (Å²) < 4.78 is 0. The second-order valence-electron chi connectivity index (χ2n) is 5.67. The first-order chi connectivity index (χ1) is 11.0. The predicted molar refractivity (Wildman–Crippen MR) is 83.2 cm³/mol. The molecule has 0 radical (unpaired) electrons. The zero-order chi connectivity index (χ0) is 16.4. The Labute approximate surface area is 132 Å². The minimum atomic E-state index is -0.921. The number of hydrogen-bond donors (Lipinski definition) is 4. The van der Waals surface area contributed by atoms with E-state index in [1.165, 1.54) is 11.1 Å². The van der Waals surface area contributed by atoms with Gasteiger partial charge in [-0.25, -0.2) is 19.6 Å². The second kappa shape index (κ2) is 6.11. The molecule has 1 saturated heterocycles. The average Bonchev–Trinajstić information content (AvgIpc) is 2.96. The minimum absolute atomic E-state index is 0.0452. The summed E-state index contributed by atoms with van der Waals surface area (Å²) in [6, 6.07) is 1.33. The normalized spacial score (nSPS) is 21.2. The Morgan fingerprint density at radius 3 is 3.04 bits per heavy atom. The number of amides is 3. The first-order valence-electron chi connectivity index (χ1n) is 7.38. The van der Waals surface area contributed by atoms with Gasteiger partial charge in [-0.2, -0.15) is 0 Å². The number of anilines is 1. The van der Waals surface area contributed by atoms with Gasteiger partial charge in [0.1, 0.15) is 5.52 Å². The van der Waals surface area contributed by atoms with E-state index in [0.717, 1.165) is 0 Å². The van der Waals surface area contributed by atoms with E-state index in [4.69, 9.17) is 5.11 Å². The maximum atomic E-state index is 12.1. The van der Waals surface area contributed by atoms with Gasteiger partial charge in [-0.1, -0.05) is 6.92 Å². The average molecular weight is 318 g/mol. The quantitative estimate of drug-likeness (QED) is 0.667. The summed E-state index contributed by atoms with van der Waals surface area (Å²) in [6.07, 6.45) is 2.87. The molecule has 3 heterocycles. The molecule has 2 atom stereocenters. The lowest BCUT2D eigenvalue weighted by Gasteiger charge is -2.35. The van der Waals surface area contributed by atoms with E-state index in [1.807, 2.05) is 6.92 Å². The Balaban J connectivity index is 1.57. The molecular formula is C14H18N6O3. The lowest BCUT2D eigenvalue weighted by molar-refractivity contribution is 0.112. The molecule has 2 aromatic rings. The van der Waals surface area contributed by atoms with E-state index in [1.54, 1.807) is 12.3 Å². The lowest BCUT2D eigenvalue weighted by atomic mass is 9.94. The standard InChI is InChI=1S/C14H18N6O3/c1-8-7-20(14(22)23)5-3-9(8)18-13(21)19-11-6-16-12-10(17-11)2-4-15-12/h2,4,6,8-9H,3,5,7H2,1H3,(H,15,16)(H,22,23)(H2,17,18,19,21). The molecule has 4 N–H and O–H groups in total. The molecule has 9 nitrogen and oxygen atoms in total. The number of carbonyl (C=O) groups excluding carboxylic acids is 1. The first kappa shape index (κ1) is 15.1. The predicted octanol–water partition coefficient (Wildman–Crippen LogP) is 1.47. The third-order valence-electron chi connectivity index (χ3n) is 3.99. The van der Waals surface area contributed by atoms with Crippen molar-refractivity contribution < 1.29 is 14.7 Å². The summed E-state index contributed by atoms with van der Waals surface area (Å²) in [5.74, 6) is 0.411. The van der Waals surface area contributed by atoms with Crippen molar-refractivity contribution >= 4 is 29.1 Å². The van der Waals surface area contributed by atoms with Gasteiger partial charge in [0.15, 0.2) is 11.5 Å². The number of urea groups is 1. The molecule has 122 valence electrons. The highest BCUT2D eigenvalue weighted by atomic mass is 16.4. The van der Waals surface area contributed by atoms with Crippen molar-refractivity contribution in [3.05, 3.63) is 18.5 Å². The molecule has 2 unspecified atom stereocenters. The number of rotatable bonds is 2. The zero-order valence-corrected chi connectivity index (χ0v) is 12.6. The molecule has 0 spiro atoms. The molecule has 0 bridgehead atoms. The number of H-pyrrole nitrogens is 1. The van der Waals surface area contributed by atoms with Gasteiger partial charge in [0.2, 0.25) is 0 Å². The Hall–Kier alpha value is -2.84. The largest absolute Gasteiger partial charge is 0.465 e. The van der Waals surface area contributed by atoms with Crippen LogP contribution in [0.25, 0.3) is 11.2 Å². The van der Waals surface area contributed by atoms with Crippen LogP contribution >= 0.6 is 0 Å². The molecule has 0 aliphatic carbocycles. The van der Waals surface area contributed by atoms with Crippen LogP contribution in [0.4, 0.5) is 15.4 Å². The lowest BCUT2D eigenvalue weighted by Crippen LogP contribution is -2.52. The van der Waals surface area contributed by atoms with Crippen LogP contribution in [0, 0.1) is 5.92 Å². The fraction of sp³-hybridized carbons (Fsp3) is 0.429. The monoisotopic (exact) mass is 318 g/mol. The Bertz CT molecular complexity index is 730. The number of carbonyl (C=O) groups is 2. The SMILES string of the molecule is CC1CN(C(=O)O)CCC1NC(=O)Nc1cnc2[nH]ccc2n1. The van der Waals surface area contributed by atoms with Gasteiger partial charge < -0.3 is 20.3 Å². The zero-order valence-electron chi connectivity index (χ0n) is 12.6. The number of nitrogens with zero attached hydrogens (tertiary/aromatic N) is 3. The van der Waals surface area contributed by atoms with Crippen molar-refractivity contribution in [1.29, 1.82) is 0 Å². The molecule has 1 aliphatic rings. The van der Waals surface area contributed by atoms with Crippen molar-refractivity contribution in [3.63, 3.8) is 0 Å². The molecule has 3 amide bonds. The van der Waals surface area contributed by atoms with E-state index >= 15 is 0 Å². The number of piperidine rings is 1. The van der Waals surface area contributed by atoms with E-state index in [9.17, 15) is 9.59 Å². The maximum Gasteiger partial charge on any atom is 0.407 e. The summed E-state index contributed by atoms with van der Waals surface area (Å²) >= 11 is 0. The van der Waals surface area contributed by atoms with Crippen LogP contribution in [0.2, 0.25) is 0 Å². The third-order valence-corrected chi connectivity index (χ3v) is 3.99. The Morgan fingerprint density at radius 1 is 1.48 bits per heavy atom. The van der Waals surface area contributed by atoms with Crippen molar-refractivity contribution in [2.45, 2.75) is 19.4 Å². The number of aromatic nitrogens is 3. The highest BCUT2D eigenvalue weighted by Crippen LogP contribution is 2.17. The first-order valence-corrected chi connectivity index (χ1v) is 7.38. The minimum Gasteiger partial charge on any atom is -0.465 e. The van der Waals surface area contributed by atoms with Crippen molar-refractivity contribution in [3.8, 4) is 0 Å². The summed E-state index contributed by atoms with van der Waals surface area (Å²) in [5, 5.41) is 14.5. The van der Waals surface area contributed by atoms with Crippen LogP contribution in [0.5, 0.6) is 0 Å². The molecule has 0 saturated carbocycles. The van der Waals surface area contributed by atoms with Gasteiger partial charge in [0, 0.05) is 25.3 Å². The van der Waals surface area contributed by atoms with E-state index in [0.29, 0.717) is 36.5 Å². The van der Waals surface area contributed by atoms with Gasteiger partial charge in [-0.3, -0.25) is 5.32 Å². The number of hydrogen-bond acceptors (Lipinski definition) is 4. The number of fused-ring (bicyclic) bond motifs is 1. The molecule has 1 fully saturated rings. The number of carboxylic acid groups (broad SMARTS) is 1. The smallest absolute Gasteiger partial charge is 0.407 e. The summed E-state index contributed by atoms with van der Waals surface area (Å²) in [4.78, 5) is 35.8. The van der Waals surface area contributed by atoms with Crippen LogP contribution in [0.15, 0.2) is 18.5 Å². The second-order valence-corrected chi connectivity index (χ2v) is 5.67. The van der Waals surface area contributed by atoms with Crippen molar-refractivity contribution in [1.82, 2.24) is 25.2 Å². The summed E-state index contributed by atoms with van der Waals surface area (Å²) in [7, 11) is 0.